The van der Waals surface area contributed by atoms with Crippen molar-refractivity contribution in [3.63, 3.8) is 0 Å². The van der Waals surface area contributed by atoms with Gasteiger partial charge in [-0.15, -0.1) is 5.41 Å². The smallest absolute Gasteiger partial charge is 0.542 e. The second-order valence-electron chi connectivity index (χ2n) is 6.37. The Hall–Kier alpha value is -1.37. The van der Waals surface area contributed by atoms with E-state index in [2.05, 4.69) is 54.5 Å². The van der Waals surface area contributed by atoms with Crippen molar-refractivity contribution in [1.82, 2.24) is 0 Å². The fraction of sp³-hybridized carbons (Fsp3) is 0.500. The van der Waals surface area contributed by atoms with E-state index in [9.17, 15) is 9.59 Å². The molecule has 0 unspecified atom stereocenters. The molecule has 2 aromatic carbocycles. The van der Waals surface area contributed by atoms with E-state index in [4.69, 9.17) is 0 Å². The minimum Gasteiger partial charge on any atom is -0.542 e. The van der Waals surface area contributed by atoms with E-state index in [1.54, 1.807) is 0 Å². The van der Waals surface area contributed by atoms with Crippen LogP contribution in [-0.2, 0) is 16.0 Å². The molecule has 1 saturated heterocycles. The summed E-state index contributed by atoms with van der Waals surface area (Å²) in [6.07, 6.45) is 6.59. The maximum absolute atomic E-state index is 11.0. The van der Waals surface area contributed by atoms with Crippen LogP contribution in [0.25, 0.3) is 0 Å². The van der Waals surface area contributed by atoms with Gasteiger partial charge in [-0.1, -0.05) is 110 Å². The van der Waals surface area contributed by atoms with Crippen molar-refractivity contribution in [2.75, 3.05) is 18.0 Å². The number of aryl methyl sites for hydroxylation is 1. The van der Waals surface area contributed by atoms with Gasteiger partial charge >= 0.3 is 31.1 Å². The van der Waals surface area contributed by atoms with E-state index >= 15 is 0 Å². The van der Waals surface area contributed by atoms with Crippen molar-refractivity contribution < 1.29 is 40.7 Å². The van der Waals surface area contributed by atoms with E-state index < -0.39 is 5.41 Å². The molecule has 176 valence electrons. The Morgan fingerprint density at radius 3 is 1.56 bits per heavy atom. The molecule has 4 heteroatoms. The Morgan fingerprint density at radius 2 is 1.22 bits per heavy atom. The summed E-state index contributed by atoms with van der Waals surface area (Å²) in [5.41, 5.74) is 1.99. The molecule has 0 N–H and O–H groups in total. The molecule has 1 fully saturated rings. The van der Waals surface area contributed by atoms with Crippen LogP contribution >= 0.6 is 0 Å². The molecule has 0 bridgehead atoms. The normalized spacial score (nSPS) is 12.8. The van der Waals surface area contributed by atoms with Crippen LogP contribution < -0.4 is 4.90 Å². The van der Waals surface area contributed by atoms with Crippen molar-refractivity contribution >= 4 is 18.3 Å². The Bertz CT molecular complexity index is 639. The minimum absolute atomic E-state index is 0. The van der Waals surface area contributed by atoms with E-state index in [1.165, 1.54) is 11.3 Å². The number of piperidine rings is 1. The van der Waals surface area contributed by atoms with Gasteiger partial charge in [0.15, 0.2) is 0 Å². The molecule has 0 amide bonds. The average molecular weight is 664 g/mol. The van der Waals surface area contributed by atoms with Gasteiger partial charge in [-0.2, -0.15) is 6.42 Å². The van der Waals surface area contributed by atoms with Crippen LogP contribution in [-0.4, -0.2) is 25.7 Å². The molecule has 1 heterocycles. The molecule has 0 aliphatic carbocycles. The summed E-state index contributed by atoms with van der Waals surface area (Å²) < 4.78 is 0. The number of para-hydroxylation sites is 1. The zero-order valence-corrected chi connectivity index (χ0v) is 25.4. The number of rotatable bonds is 5. The topological polar surface area (TPSA) is 37.4 Å². The molecule has 0 radical (unpaired) electrons. The van der Waals surface area contributed by atoms with E-state index in [1.807, 2.05) is 72.1 Å². The Morgan fingerprint density at radius 1 is 0.781 bits per heavy atom. The standard InChI is InChI=1S/C14H15NO2.C8H10.3C2H6.U/c16-11-8-14(12-17)6-9-15(10-7-14)13-4-2-1-3-5-13;1-2-8-6-4-3-5-7-8;3*1-2;/h1-5H,6-10H2;3-7H,2H2,1H3;3*1-2H3;/q-2;;;;;+2. The summed E-state index contributed by atoms with van der Waals surface area (Å²) in [5.74, 6) is 0. The largest absolute Gasteiger partial charge is 2.00 e. The molecule has 32 heavy (non-hydrogen) atoms. The van der Waals surface area contributed by atoms with Crippen molar-refractivity contribution in [3.8, 4) is 0 Å². The molecule has 2 aromatic rings. The van der Waals surface area contributed by atoms with Gasteiger partial charge in [0.25, 0.3) is 0 Å². The maximum Gasteiger partial charge on any atom is 2.00 e. The van der Waals surface area contributed by atoms with Gasteiger partial charge < -0.3 is 14.5 Å². The third-order valence-electron chi connectivity index (χ3n) is 4.72. The summed E-state index contributed by atoms with van der Waals surface area (Å²) in [6.45, 7) is 15.7. The molecule has 3 nitrogen and oxygen atoms in total. The van der Waals surface area contributed by atoms with E-state index in [0.717, 1.165) is 19.5 Å². The van der Waals surface area contributed by atoms with Gasteiger partial charge in [-0.05, 0) is 24.1 Å². The molecule has 0 saturated carbocycles. The number of anilines is 1. The minimum atomic E-state index is -0.590. The number of benzene rings is 2. The number of hydrogen-bond acceptors (Lipinski definition) is 3. The van der Waals surface area contributed by atoms with Crippen LogP contribution in [0.15, 0.2) is 60.7 Å². The van der Waals surface area contributed by atoms with Gasteiger partial charge in [0, 0.05) is 18.8 Å². The number of carbonyl (C=O) groups excluding carboxylic acids is 2. The number of hydrogen-bond donors (Lipinski definition) is 0. The molecule has 0 spiro atoms. The first-order valence-electron chi connectivity index (χ1n) is 11.8. The average Bonchev–Trinajstić information content (AvgIpc) is 2.89. The Kier molecular flexibility index (Phi) is 26.7. The van der Waals surface area contributed by atoms with Crippen LogP contribution in [0.5, 0.6) is 0 Å². The van der Waals surface area contributed by atoms with E-state index in [-0.39, 0.29) is 37.5 Å². The molecule has 1 aliphatic heterocycles. The third kappa shape index (κ3) is 13.9. The van der Waals surface area contributed by atoms with Crippen LogP contribution in [0.3, 0.4) is 0 Å². The summed E-state index contributed by atoms with van der Waals surface area (Å²) in [6, 6.07) is 20.6. The maximum atomic E-state index is 11.0. The first kappa shape index (κ1) is 35.2. The first-order valence-corrected chi connectivity index (χ1v) is 11.8. The van der Waals surface area contributed by atoms with Crippen molar-refractivity contribution in [3.05, 3.63) is 66.2 Å². The predicted molar refractivity (Wildman–Crippen MR) is 136 cm³/mol. The fourth-order valence-electron chi connectivity index (χ4n) is 3.00. The monoisotopic (exact) mass is 663 g/mol. The second-order valence-corrected chi connectivity index (χ2v) is 6.37. The quantitative estimate of drug-likeness (QED) is 0.318. The molecule has 0 aromatic heterocycles. The Labute approximate surface area is 221 Å². The van der Waals surface area contributed by atoms with Gasteiger partial charge in [-0.25, -0.2) is 0 Å². The second kappa shape index (κ2) is 24.3. The predicted octanol–water partition coefficient (Wildman–Crippen LogP) is 7.21. The summed E-state index contributed by atoms with van der Waals surface area (Å²) in [4.78, 5) is 23.7. The van der Waals surface area contributed by atoms with Crippen LogP contribution in [0.4, 0.5) is 5.69 Å². The van der Waals surface area contributed by atoms with Crippen molar-refractivity contribution in [2.45, 2.75) is 74.1 Å². The zero-order chi connectivity index (χ0) is 24.0. The van der Waals surface area contributed by atoms with Gasteiger partial charge in [0.05, 0.1) is 0 Å². The number of nitrogens with zero attached hydrogens (tertiary/aromatic N) is 1. The van der Waals surface area contributed by atoms with Crippen LogP contribution in [0.1, 0.15) is 73.3 Å². The zero-order valence-electron chi connectivity index (χ0n) is 21.3. The van der Waals surface area contributed by atoms with Crippen LogP contribution in [0, 0.1) is 36.5 Å². The van der Waals surface area contributed by atoms with Gasteiger partial charge in [0.1, 0.15) is 0 Å². The SMILES string of the molecule is CC.CC.CC.CCc1ccccc1.O=[C-]CC1([C-]=O)CCN(c2ccccc2)CC1.[U+2]. The Balaban J connectivity index is -0.000000474. The van der Waals surface area contributed by atoms with Gasteiger partial charge in [0.2, 0.25) is 0 Å². The summed E-state index contributed by atoms with van der Waals surface area (Å²) in [7, 11) is 0. The van der Waals surface area contributed by atoms with E-state index in [0.29, 0.717) is 12.8 Å². The molecule has 0 atom stereocenters. The van der Waals surface area contributed by atoms with Gasteiger partial charge in [-0.3, -0.25) is 12.6 Å². The molecular formula is C28H43NO2U. The fourth-order valence-corrected chi connectivity index (χ4v) is 3.00. The van der Waals surface area contributed by atoms with Crippen molar-refractivity contribution in [1.29, 1.82) is 0 Å². The third-order valence-corrected chi connectivity index (χ3v) is 4.72. The molecule has 3 rings (SSSR count). The summed E-state index contributed by atoms with van der Waals surface area (Å²) >= 11 is 0. The summed E-state index contributed by atoms with van der Waals surface area (Å²) in [5, 5.41) is 0. The van der Waals surface area contributed by atoms with Crippen LogP contribution in [0.2, 0.25) is 0 Å². The molecular weight excluding hydrogens is 620 g/mol. The first-order chi connectivity index (χ1) is 15.2. The van der Waals surface area contributed by atoms with Crippen molar-refractivity contribution in [2.24, 2.45) is 5.41 Å². The molecule has 1 aliphatic rings.